The minimum Gasteiger partial charge on any atom is -0.325 e. The minimum absolute atomic E-state index is 0.0918. The predicted octanol–water partition coefficient (Wildman–Crippen LogP) is 0.191. The van der Waals surface area contributed by atoms with Crippen molar-refractivity contribution in [3.05, 3.63) is 0 Å². The summed E-state index contributed by atoms with van der Waals surface area (Å²) in [5, 5.41) is 0. The van der Waals surface area contributed by atoms with Crippen molar-refractivity contribution in [2.75, 3.05) is 43.9 Å². The molecule has 0 aromatic heterocycles. The first-order chi connectivity index (χ1) is 8.71. The SMILES string of the molecule is CCN(CC)C(=O)N1CCS(=O)(=NS(C)(=O)=O)CC1. The molecule has 0 unspecified atom stereocenters. The lowest BCUT2D eigenvalue weighted by Crippen LogP contribution is -2.49. The number of amides is 2. The van der Waals surface area contributed by atoms with Gasteiger partial charge in [-0.05, 0) is 13.8 Å². The average Bonchev–Trinajstić information content (AvgIpc) is 2.28. The van der Waals surface area contributed by atoms with E-state index in [1.807, 2.05) is 13.8 Å². The van der Waals surface area contributed by atoms with Gasteiger partial charge in [-0.15, -0.1) is 3.77 Å². The third-order valence-electron chi connectivity index (χ3n) is 2.94. The molecule has 9 heteroatoms. The molecular formula is C10H21N3O4S2. The van der Waals surface area contributed by atoms with E-state index in [0.717, 1.165) is 6.26 Å². The molecule has 2 amide bonds. The first kappa shape index (κ1) is 16.2. The monoisotopic (exact) mass is 311 g/mol. The van der Waals surface area contributed by atoms with Crippen LogP contribution in [0, 0.1) is 0 Å². The third kappa shape index (κ3) is 4.64. The van der Waals surface area contributed by atoms with Crippen LogP contribution in [0.2, 0.25) is 0 Å². The van der Waals surface area contributed by atoms with Gasteiger partial charge in [0.2, 0.25) is 0 Å². The van der Waals surface area contributed by atoms with Gasteiger partial charge in [0.1, 0.15) is 0 Å². The second kappa shape index (κ2) is 6.08. The van der Waals surface area contributed by atoms with Crippen molar-refractivity contribution < 1.29 is 17.4 Å². The van der Waals surface area contributed by atoms with Crippen LogP contribution >= 0.6 is 0 Å². The molecular weight excluding hydrogens is 290 g/mol. The third-order valence-corrected chi connectivity index (χ3v) is 6.75. The summed E-state index contributed by atoms with van der Waals surface area (Å²) in [5.41, 5.74) is 0. The van der Waals surface area contributed by atoms with Crippen molar-refractivity contribution in [1.29, 1.82) is 0 Å². The zero-order chi connectivity index (χ0) is 14.7. The molecule has 0 aromatic carbocycles. The van der Waals surface area contributed by atoms with Gasteiger partial charge in [-0.3, -0.25) is 0 Å². The van der Waals surface area contributed by atoms with Crippen LogP contribution < -0.4 is 0 Å². The highest BCUT2D eigenvalue weighted by Gasteiger charge is 2.27. The highest BCUT2D eigenvalue weighted by atomic mass is 32.3. The number of hydrogen-bond donors (Lipinski definition) is 0. The Kier molecular flexibility index (Phi) is 5.19. The summed E-state index contributed by atoms with van der Waals surface area (Å²) in [4.78, 5) is 15.4. The average molecular weight is 311 g/mol. The number of nitrogens with zero attached hydrogens (tertiary/aromatic N) is 3. The first-order valence-corrected chi connectivity index (χ1v) is 9.88. The summed E-state index contributed by atoms with van der Waals surface area (Å²) in [6, 6.07) is -0.0918. The Bertz CT molecular complexity index is 531. The molecule has 7 nitrogen and oxygen atoms in total. The van der Waals surface area contributed by atoms with Gasteiger partial charge in [0, 0.05) is 26.2 Å². The van der Waals surface area contributed by atoms with Gasteiger partial charge in [-0.1, -0.05) is 0 Å². The van der Waals surface area contributed by atoms with Gasteiger partial charge in [-0.25, -0.2) is 17.4 Å². The smallest absolute Gasteiger partial charge is 0.320 e. The fourth-order valence-corrected chi connectivity index (χ4v) is 5.71. The van der Waals surface area contributed by atoms with Crippen LogP contribution in [0.4, 0.5) is 4.79 Å². The topological polar surface area (TPSA) is 87.1 Å². The zero-order valence-electron chi connectivity index (χ0n) is 11.5. The Morgan fingerprint density at radius 3 is 2.11 bits per heavy atom. The fourth-order valence-electron chi connectivity index (χ4n) is 1.93. The van der Waals surface area contributed by atoms with Gasteiger partial charge in [0.05, 0.1) is 27.5 Å². The maximum absolute atomic E-state index is 12.2. The van der Waals surface area contributed by atoms with Gasteiger partial charge in [0.15, 0.2) is 0 Å². The Labute approximate surface area is 115 Å². The van der Waals surface area contributed by atoms with Gasteiger partial charge >= 0.3 is 6.03 Å². The Balaban J connectivity index is 2.76. The van der Waals surface area contributed by atoms with E-state index in [9.17, 15) is 17.4 Å². The van der Waals surface area contributed by atoms with Crippen molar-refractivity contribution in [1.82, 2.24) is 9.80 Å². The summed E-state index contributed by atoms with van der Waals surface area (Å²) in [7, 11) is -6.34. The number of rotatable bonds is 3. The molecule has 1 aliphatic rings. The van der Waals surface area contributed by atoms with Crippen LogP contribution in [0.1, 0.15) is 13.8 Å². The quantitative estimate of drug-likeness (QED) is 0.744. The van der Waals surface area contributed by atoms with E-state index in [4.69, 9.17) is 0 Å². The zero-order valence-corrected chi connectivity index (χ0v) is 13.2. The van der Waals surface area contributed by atoms with Crippen molar-refractivity contribution in [3.63, 3.8) is 0 Å². The lowest BCUT2D eigenvalue weighted by molar-refractivity contribution is 0.161. The molecule has 1 aliphatic heterocycles. The number of urea groups is 1. The minimum atomic E-state index is -3.61. The normalized spacial score (nSPS) is 19.0. The molecule has 0 aromatic rings. The van der Waals surface area contributed by atoms with E-state index in [-0.39, 0.29) is 30.6 Å². The van der Waals surface area contributed by atoms with E-state index < -0.39 is 19.8 Å². The number of carbonyl (C=O) groups is 1. The highest BCUT2D eigenvalue weighted by Crippen LogP contribution is 2.11. The molecule has 0 atom stereocenters. The second-order valence-electron chi connectivity index (χ2n) is 4.43. The molecule has 0 spiro atoms. The lowest BCUT2D eigenvalue weighted by atomic mass is 10.4. The molecule has 1 rings (SSSR count). The summed E-state index contributed by atoms with van der Waals surface area (Å²) in [6.07, 6.45) is 0.938. The van der Waals surface area contributed by atoms with E-state index in [1.165, 1.54) is 0 Å². The van der Waals surface area contributed by atoms with Crippen LogP contribution in [0.15, 0.2) is 3.77 Å². The van der Waals surface area contributed by atoms with Crippen molar-refractivity contribution >= 4 is 25.8 Å². The molecule has 0 bridgehead atoms. The van der Waals surface area contributed by atoms with Gasteiger partial charge < -0.3 is 9.80 Å². The molecule has 1 heterocycles. The molecule has 0 saturated carbocycles. The van der Waals surface area contributed by atoms with Crippen molar-refractivity contribution in [3.8, 4) is 0 Å². The summed E-state index contributed by atoms with van der Waals surface area (Å²) < 4.78 is 37.8. The summed E-state index contributed by atoms with van der Waals surface area (Å²) in [5.74, 6) is 0.236. The molecule has 19 heavy (non-hydrogen) atoms. The van der Waals surface area contributed by atoms with Crippen LogP contribution in [0.25, 0.3) is 0 Å². The number of hydrogen-bond acceptors (Lipinski definition) is 4. The van der Waals surface area contributed by atoms with Crippen molar-refractivity contribution in [2.45, 2.75) is 13.8 Å². The van der Waals surface area contributed by atoms with E-state index >= 15 is 0 Å². The Morgan fingerprint density at radius 1 is 1.26 bits per heavy atom. The van der Waals surface area contributed by atoms with E-state index in [0.29, 0.717) is 13.1 Å². The second-order valence-corrected chi connectivity index (χ2v) is 8.85. The maximum Gasteiger partial charge on any atom is 0.320 e. The molecule has 112 valence electrons. The Hall–Kier alpha value is -0.830. The van der Waals surface area contributed by atoms with Crippen LogP contribution in [-0.4, -0.2) is 72.4 Å². The van der Waals surface area contributed by atoms with Crippen LogP contribution in [0.5, 0.6) is 0 Å². The molecule has 0 aliphatic carbocycles. The van der Waals surface area contributed by atoms with Crippen molar-refractivity contribution in [2.24, 2.45) is 3.77 Å². The van der Waals surface area contributed by atoms with E-state index in [2.05, 4.69) is 3.77 Å². The fraction of sp³-hybridized carbons (Fsp3) is 0.900. The van der Waals surface area contributed by atoms with E-state index in [1.54, 1.807) is 9.80 Å². The molecule has 0 N–H and O–H groups in total. The number of sulfonamides is 1. The molecule has 0 radical (unpaired) electrons. The van der Waals surface area contributed by atoms with Gasteiger partial charge in [0.25, 0.3) is 10.0 Å². The molecule has 1 fully saturated rings. The summed E-state index contributed by atoms with van der Waals surface area (Å²) in [6.45, 7) is 5.60. The highest BCUT2D eigenvalue weighted by molar-refractivity contribution is 8.03. The van der Waals surface area contributed by atoms with Crippen LogP contribution in [0.3, 0.4) is 0 Å². The molecule has 1 saturated heterocycles. The lowest BCUT2D eigenvalue weighted by Gasteiger charge is -2.32. The largest absolute Gasteiger partial charge is 0.325 e. The number of carbonyl (C=O) groups excluding carboxylic acids is 1. The van der Waals surface area contributed by atoms with Gasteiger partial charge in [-0.2, -0.15) is 0 Å². The Morgan fingerprint density at radius 2 is 1.74 bits per heavy atom. The predicted molar refractivity (Wildman–Crippen MR) is 75.0 cm³/mol. The standard InChI is InChI=1S/C10H21N3O4S2/c1-4-12(5-2)10(14)13-6-8-19(17,9-7-13)11-18(3,15)16/h4-9H2,1-3H3. The summed E-state index contributed by atoms with van der Waals surface area (Å²) >= 11 is 0. The first-order valence-electron chi connectivity index (χ1n) is 6.18. The maximum atomic E-state index is 12.2. The van der Waals surface area contributed by atoms with Crippen LogP contribution in [-0.2, 0) is 19.8 Å².